The van der Waals surface area contributed by atoms with Gasteiger partial charge < -0.3 is 35.4 Å². The summed E-state index contributed by atoms with van der Waals surface area (Å²) in [5.74, 6) is 3.68. The number of hydrogen-bond donors (Lipinski definition) is 5. The van der Waals surface area contributed by atoms with Gasteiger partial charge in [0, 0.05) is 11.3 Å². The van der Waals surface area contributed by atoms with E-state index in [-0.39, 0.29) is 42.4 Å². The third-order valence-corrected chi connectivity index (χ3v) is 12.3. The first-order valence-electron chi connectivity index (χ1n) is 17.4. The fourth-order valence-corrected chi connectivity index (χ4v) is 10.0. The number of azide groups is 1. The van der Waals surface area contributed by atoms with E-state index in [0.29, 0.717) is 49.5 Å². The number of amides is 2. The molecule has 47 heavy (non-hydrogen) atoms. The summed E-state index contributed by atoms with van der Waals surface area (Å²) in [7, 11) is 0. The van der Waals surface area contributed by atoms with Crippen molar-refractivity contribution in [2.24, 2.45) is 51.5 Å². The van der Waals surface area contributed by atoms with Crippen LogP contribution in [0.15, 0.2) is 17.3 Å². The van der Waals surface area contributed by atoms with E-state index in [1.165, 1.54) is 6.08 Å². The third kappa shape index (κ3) is 8.44. The molecule has 0 aromatic rings. The largest absolute Gasteiger partial charge is 0.447 e. The highest BCUT2D eigenvalue weighted by Crippen LogP contribution is 2.68. The lowest BCUT2D eigenvalue weighted by molar-refractivity contribution is -0.223. The van der Waals surface area contributed by atoms with Crippen molar-refractivity contribution >= 4 is 12.0 Å². The molecule has 12 heteroatoms. The lowest BCUT2D eigenvalue weighted by Crippen LogP contribution is -2.64. The van der Waals surface area contributed by atoms with Crippen molar-refractivity contribution in [3.05, 3.63) is 22.6 Å². The maximum absolute atomic E-state index is 12.6. The summed E-state index contributed by atoms with van der Waals surface area (Å²) in [4.78, 5) is 27.4. The summed E-state index contributed by atoms with van der Waals surface area (Å²) in [5, 5.41) is 41.8. The monoisotopic (exact) mass is 657 g/mol. The molecule has 12 nitrogen and oxygen atoms in total. The van der Waals surface area contributed by atoms with Gasteiger partial charge in [0.05, 0.1) is 38.1 Å². The summed E-state index contributed by atoms with van der Waals surface area (Å²) in [6.07, 6.45) is 13.4. The van der Waals surface area contributed by atoms with Crippen LogP contribution in [0.3, 0.4) is 0 Å². The van der Waals surface area contributed by atoms with Crippen LogP contribution in [-0.4, -0.2) is 78.2 Å². The van der Waals surface area contributed by atoms with E-state index < -0.39 is 36.5 Å². The summed E-state index contributed by atoms with van der Waals surface area (Å²) in [6.45, 7) is 7.36. The Kier molecular flexibility index (Phi) is 13.0. The number of aliphatic hydroxyl groups excluding tert-OH is 3. The maximum atomic E-state index is 12.6. The van der Waals surface area contributed by atoms with Crippen LogP contribution in [0.2, 0.25) is 0 Å². The molecule has 0 radical (unpaired) electrons. The highest BCUT2D eigenvalue weighted by atomic mass is 16.6. The molecular weight excluding hydrogens is 602 g/mol. The predicted octanol–water partition coefficient (Wildman–Crippen LogP) is 4.44. The number of aliphatic hydroxyl groups is 3. The Balaban J connectivity index is 1.27. The summed E-state index contributed by atoms with van der Waals surface area (Å²) in [6, 6.07) is 0. The highest BCUT2D eigenvalue weighted by molar-refractivity contribution is 5.88. The number of terminal acetylenes is 1. The zero-order valence-electron chi connectivity index (χ0n) is 28.2. The van der Waals surface area contributed by atoms with Gasteiger partial charge in [0.2, 0.25) is 5.91 Å². The molecule has 4 saturated carbocycles. The van der Waals surface area contributed by atoms with Crippen molar-refractivity contribution in [3.63, 3.8) is 0 Å². The van der Waals surface area contributed by atoms with Gasteiger partial charge in [0.15, 0.2) is 0 Å². The van der Waals surface area contributed by atoms with Gasteiger partial charge in [0.25, 0.3) is 0 Å². The predicted molar refractivity (Wildman–Crippen MR) is 176 cm³/mol. The van der Waals surface area contributed by atoms with E-state index >= 15 is 0 Å². The van der Waals surface area contributed by atoms with E-state index in [1.54, 1.807) is 0 Å². The normalized spacial score (nSPS) is 37.3. The molecule has 262 valence electrons. The van der Waals surface area contributed by atoms with Gasteiger partial charge in [-0.05, 0) is 116 Å². The third-order valence-electron chi connectivity index (χ3n) is 12.3. The number of carbonyl (C=O) groups is 2. The lowest BCUT2D eigenvalue weighted by atomic mass is 9.43. The number of fused-ring (bicyclic) bond motifs is 5. The number of rotatable bonds is 14. The van der Waals surface area contributed by atoms with Crippen LogP contribution in [-0.2, 0) is 14.3 Å². The van der Waals surface area contributed by atoms with E-state index in [4.69, 9.17) is 21.4 Å². The molecule has 4 fully saturated rings. The Bertz CT molecular complexity index is 1200. The molecule has 4 aliphatic rings. The van der Waals surface area contributed by atoms with E-state index in [2.05, 4.69) is 47.4 Å². The minimum Gasteiger partial charge on any atom is -0.447 e. The Labute approximate surface area is 279 Å². The number of hydrogen-bond acceptors (Lipinski definition) is 8. The second-order valence-corrected chi connectivity index (χ2v) is 14.8. The van der Waals surface area contributed by atoms with Crippen LogP contribution in [0.5, 0.6) is 0 Å². The second-order valence-electron chi connectivity index (χ2n) is 14.8. The quantitative estimate of drug-likeness (QED) is 0.0347. The summed E-state index contributed by atoms with van der Waals surface area (Å²) >= 11 is 0. The average molecular weight is 658 g/mol. The molecule has 0 spiro atoms. The number of allylic oxidation sites excluding steroid dienone is 1. The molecule has 0 saturated heterocycles. The van der Waals surface area contributed by atoms with Crippen molar-refractivity contribution in [3.8, 4) is 12.3 Å². The maximum Gasteiger partial charge on any atom is 0.408 e. The van der Waals surface area contributed by atoms with Crippen LogP contribution < -0.4 is 10.6 Å². The molecule has 12 atom stereocenters. The van der Waals surface area contributed by atoms with E-state index in [0.717, 1.165) is 44.9 Å². The van der Waals surface area contributed by atoms with Crippen molar-refractivity contribution in [2.75, 3.05) is 26.4 Å². The van der Waals surface area contributed by atoms with Gasteiger partial charge in [-0.3, -0.25) is 4.79 Å². The first-order chi connectivity index (χ1) is 22.5. The molecule has 2 amide bonds. The molecule has 0 bridgehead atoms. The lowest BCUT2D eigenvalue weighted by Gasteiger charge is -2.63. The Morgan fingerprint density at radius 2 is 1.79 bits per heavy atom. The minimum absolute atomic E-state index is 0.00604. The number of carbonyl (C=O) groups excluding carboxylic acids is 2. The molecular formula is C35H55N5O7. The van der Waals surface area contributed by atoms with Crippen LogP contribution in [0, 0.1) is 58.7 Å². The zero-order chi connectivity index (χ0) is 34.2. The Morgan fingerprint density at radius 1 is 1.04 bits per heavy atom. The second kappa shape index (κ2) is 16.5. The molecule has 5 N–H and O–H groups in total. The van der Waals surface area contributed by atoms with Crippen molar-refractivity contribution in [1.82, 2.24) is 10.6 Å². The molecule has 3 unspecified atom stereocenters. The number of nitrogens with one attached hydrogen (secondary N) is 2. The molecule has 0 aromatic heterocycles. The summed E-state index contributed by atoms with van der Waals surface area (Å²) in [5.41, 5.74) is 8.74. The molecule has 0 aliphatic heterocycles. The van der Waals surface area contributed by atoms with Crippen molar-refractivity contribution < 1.29 is 34.4 Å². The van der Waals surface area contributed by atoms with Crippen LogP contribution >= 0.6 is 0 Å². The SMILES string of the molecule is C#CCCOCCOC(=O)NC(CN=[N+]=[N-])NC(=O)/C=C/CC[C@@H](C)[C@H]1CC[C@H]2[C@@H]3C(O)C(O)[C@@H]4C[C@H](O)CC[C@]4(C)[C@H]3CC[C@]12C. The number of nitrogens with zero attached hydrogens (tertiary/aromatic N) is 3. The summed E-state index contributed by atoms with van der Waals surface area (Å²) < 4.78 is 10.3. The van der Waals surface area contributed by atoms with Gasteiger partial charge in [-0.2, -0.15) is 0 Å². The van der Waals surface area contributed by atoms with E-state index in [9.17, 15) is 24.9 Å². The topological polar surface area (TPSA) is 186 Å². The van der Waals surface area contributed by atoms with Crippen LogP contribution in [0.1, 0.15) is 85.0 Å². The fourth-order valence-electron chi connectivity index (χ4n) is 10.0. The fraction of sp³-hybridized carbons (Fsp3) is 0.829. The molecule has 0 heterocycles. The van der Waals surface area contributed by atoms with Gasteiger partial charge in [-0.25, -0.2) is 4.79 Å². The van der Waals surface area contributed by atoms with Crippen LogP contribution in [0.4, 0.5) is 4.79 Å². The number of alkyl carbamates (subject to hydrolysis) is 1. The van der Waals surface area contributed by atoms with Crippen molar-refractivity contribution in [1.29, 1.82) is 0 Å². The van der Waals surface area contributed by atoms with E-state index in [1.807, 2.05) is 6.08 Å². The molecule has 4 aliphatic carbocycles. The van der Waals surface area contributed by atoms with Gasteiger partial charge in [-0.1, -0.05) is 32.0 Å². The first kappa shape index (κ1) is 37.0. The van der Waals surface area contributed by atoms with Crippen molar-refractivity contribution in [2.45, 2.75) is 109 Å². The molecule has 4 rings (SSSR count). The van der Waals surface area contributed by atoms with Gasteiger partial charge >= 0.3 is 6.09 Å². The minimum atomic E-state index is -0.938. The standard InChI is InChI=1S/C35H55N5O7/c1-5-6-17-46-18-19-47-33(45)39-28(21-37-40-36)38-29(42)10-8-7-9-22(2)24-11-12-25-30-26(14-16-34(24,25)3)35(4)15-13-23(41)20-27(35)31(43)32(30)44/h1,8,10,22-28,30-32,41,43-44H,6-7,9,11-21H2,2-4H3,(H,38,42)(H,39,45)/b10-8+/t22-,23-,24-,25+,26+,27+,28?,30+,31?,32?,34-,35-/m1/s1. The number of ether oxygens (including phenoxy) is 2. The van der Waals surface area contributed by atoms with Gasteiger partial charge in [0.1, 0.15) is 12.8 Å². The Morgan fingerprint density at radius 3 is 2.53 bits per heavy atom. The Hall–Kier alpha value is -2.81. The smallest absolute Gasteiger partial charge is 0.408 e. The molecule has 0 aromatic carbocycles. The van der Waals surface area contributed by atoms with Gasteiger partial charge in [-0.15, -0.1) is 12.3 Å². The zero-order valence-corrected chi connectivity index (χ0v) is 28.2. The van der Waals surface area contributed by atoms with Crippen LogP contribution in [0.25, 0.3) is 10.4 Å². The first-order valence-corrected chi connectivity index (χ1v) is 17.4. The average Bonchev–Trinajstić information content (AvgIpc) is 3.40. The highest BCUT2D eigenvalue weighted by Gasteiger charge is 2.65.